The maximum absolute atomic E-state index is 13.4. The number of halogens is 1. The molecule has 11 heteroatoms. The summed E-state index contributed by atoms with van der Waals surface area (Å²) in [7, 11) is 0.251. The van der Waals surface area contributed by atoms with E-state index in [1.807, 2.05) is 6.92 Å². The molecular weight excluding hydrogens is 503 g/mol. The lowest BCUT2D eigenvalue weighted by Gasteiger charge is -2.24. The average molecular weight is 533 g/mol. The van der Waals surface area contributed by atoms with Crippen molar-refractivity contribution in [3.05, 3.63) is 72.0 Å². The minimum atomic E-state index is -4.20. The van der Waals surface area contributed by atoms with E-state index < -0.39 is 28.3 Å². The number of methoxy groups -OCH3 is 3. The fraction of sp³-hybridized carbons (Fsp3) is 0.269. The highest BCUT2D eigenvalue weighted by Crippen LogP contribution is 2.38. The molecule has 1 amide bonds. The van der Waals surface area contributed by atoms with Crippen LogP contribution >= 0.6 is 0 Å². The fourth-order valence-corrected chi connectivity index (χ4v) is 4.97. The summed E-state index contributed by atoms with van der Waals surface area (Å²) in [6, 6.07) is 14.1. The second-order valence-corrected chi connectivity index (χ2v) is 9.57. The van der Waals surface area contributed by atoms with E-state index in [0.29, 0.717) is 35.2 Å². The molecular formula is C26H29FN2O7S. The number of carbonyl (C=O) groups is 1. The van der Waals surface area contributed by atoms with Crippen molar-refractivity contribution >= 4 is 21.6 Å². The Labute approximate surface area is 215 Å². The van der Waals surface area contributed by atoms with Gasteiger partial charge in [0.1, 0.15) is 18.1 Å². The summed E-state index contributed by atoms with van der Waals surface area (Å²) in [5.41, 5.74) is 0.896. The van der Waals surface area contributed by atoms with Crippen molar-refractivity contribution in [2.75, 3.05) is 38.8 Å². The van der Waals surface area contributed by atoms with Crippen LogP contribution in [0.4, 0.5) is 10.1 Å². The summed E-state index contributed by atoms with van der Waals surface area (Å²) >= 11 is 0. The number of rotatable bonds is 12. The van der Waals surface area contributed by atoms with Gasteiger partial charge in [0.05, 0.1) is 38.5 Å². The van der Waals surface area contributed by atoms with Gasteiger partial charge in [0, 0.05) is 6.54 Å². The van der Waals surface area contributed by atoms with Gasteiger partial charge in [-0.15, -0.1) is 0 Å². The molecule has 0 bridgehead atoms. The Balaban J connectivity index is 1.86. The summed E-state index contributed by atoms with van der Waals surface area (Å²) in [5, 5.41) is 2.72. The lowest BCUT2D eigenvalue weighted by Crippen LogP contribution is -2.40. The standard InChI is InChI=1S/C26H29FN2O7S/c1-5-36-21-10-8-20(9-11-21)29(37(31,32)22-12-6-19(27)7-13-22)17-25(30)28-16-18-14-23(33-2)26(35-4)24(15-18)34-3/h6-15H,5,16-17H2,1-4H3,(H,28,30). The highest BCUT2D eigenvalue weighted by Gasteiger charge is 2.27. The van der Waals surface area contributed by atoms with E-state index in [2.05, 4.69) is 5.32 Å². The number of hydrogen-bond donors (Lipinski definition) is 1. The van der Waals surface area contributed by atoms with Crippen molar-refractivity contribution in [3.63, 3.8) is 0 Å². The van der Waals surface area contributed by atoms with Crippen molar-refractivity contribution in [2.45, 2.75) is 18.4 Å². The lowest BCUT2D eigenvalue weighted by atomic mass is 10.1. The summed E-state index contributed by atoms with van der Waals surface area (Å²) < 4.78 is 62.7. The number of hydrogen-bond acceptors (Lipinski definition) is 7. The van der Waals surface area contributed by atoms with Crippen LogP contribution < -0.4 is 28.6 Å². The Hall–Kier alpha value is -3.99. The van der Waals surface area contributed by atoms with Gasteiger partial charge in [-0.05, 0) is 73.2 Å². The molecule has 1 N–H and O–H groups in total. The predicted octanol–water partition coefficient (Wildman–Crippen LogP) is 3.76. The van der Waals surface area contributed by atoms with Crippen LogP contribution in [-0.4, -0.2) is 48.8 Å². The van der Waals surface area contributed by atoms with Crippen LogP contribution in [0.15, 0.2) is 65.6 Å². The van der Waals surface area contributed by atoms with Crippen LogP contribution in [0.2, 0.25) is 0 Å². The summed E-state index contributed by atoms with van der Waals surface area (Å²) in [4.78, 5) is 12.8. The molecule has 9 nitrogen and oxygen atoms in total. The second-order valence-electron chi connectivity index (χ2n) is 7.70. The normalized spacial score (nSPS) is 10.9. The first kappa shape index (κ1) is 27.6. The molecule has 0 unspecified atom stereocenters. The number of ether oxygens (including phenoxy) is 4. The number of nitrogens with zero attached hydrogens (tertiary/aromatic N) is 1. The van der Waals surface area contributed by atoms with Crippen LogP contribution in [0.25, 0.3) is 0 Å². The van der Waals surface area contributed by atoms with Crippen LogP contribution in [-0.2, 0) is 21.4 Å². The van der Waals surface area contributed by atoms with E-state index in [1.54, 1.807) is 36.4 Å². The van der Waals surface area contributed by atoms with Gasteiger partial charge in [-0.2, -0.15) is 0 Å². The Bertz CT molecular complexity index is 1290. The van der Waals surface area contributed by atoms with E-state index >= 15 is 0 Å². The van der Waals surface area contributed by atoms with Gasteiger partial charge in [-0.3, -0.25) is 9.10 Å². The molecule has 0 aliphatic carbocycles. The van der Waals surface area contributed by atoms with Gasteiger partial charge in [0.2, 0.25) is 11.7 Å². The molecule has 0 spiro atoms. The zero-order chi connectivity index (χ0) is 27.0. The number of benzene rings is 3. The summed E-state index contributed by atoms with van der Waals surface area (Å²) in [6.07, 6.45) is 0. The van der Waals surface area contributed by atoms with Gasteiger partial charge in [-0.25, -0.2) is 12.8 Å². The molecule has 0 fully saturated rings. The van der Waals surface area contributed by atoms with E-state index in [1.165, 1.54) is 21.3 Å². The van der Waals surface area contributed by atoms with E-state index in [9.17, 15) is 17.6 Å². The Morgan fingerprint density at radius 2 is 1.51 bits per heavy atom. The maximum Gasteiger partial charge on any atom is 0.264 e. The van der Waals surface area contributed by atoms with Gasteiger partial charge < -0.3 is 24.3 Å². The van der Waals surface area contributed by atoms with Crippen LogP contribution in [0.1, 0.15) is 12.5 Å². The average Bonchev–Trinajstić information content (AvgIpc) is 2.90. The van der Waals surface area contributed by atoms with Crippen molar-refractivity contribution in [1.29, 1.82) is 0 Å². The zero-order valence-corrected chi connectivity index (χ0v) is 21.8. The summed E-state index contributed by atoms with van der Waals surface area (Å²) in [5.74, 6) is 0.661. The van der Waals surface area contributed by atoms with Gasteiger partial charge in [0.15, 0.2) is 11.5 Å². The molecule has 0 atom stereocenters. The second kappa shape index (κ2) is 12.3. The minimum Gasteiger partial charge on any atom is -0.494 e. The molecule has 3 aromatic rings. The van der Waals surface area contributed by atoms with E-state index in [-0.39, 0.29) is 17.1 Å². The monoisotopic (exact) mass is 532 g/mol. The van der Waals surface area contributed by atoms with Crippen molar-refractivity contribution in [3.8, 4) is 23.0 Å². The van der Waals surface area contributed by atoms with Crippen molar-refractivity contribution < 1.29 is 36.6 Å². The number of carbonyl (C=O) groups excluding carboxylic acids is 1. The molecule has 3 rings (SSSR count). The number of nitrogens with one attached hydrogen (secondary N) is 1. The SMILES string of the molecule is CCOc1ccc(N(CC(=O)NCc2cc(OC)c(OC)c(OC)c2)S(=O)(=O)c2ccc(F)cc2)cc1. The number of sulfonamides is 1. The van der Waals surface area contributed by atoms with Crippen molar-refractivity contribution in [1.82, 2.24) is 5.32 Å². The fourth-order valence-electron chi connectivity index (χ4n) is 3.55. The molecule has 0 heterocycles. The number of anilines is 1. The minimum absolute atomic E-state index is 0.0727. The van der Waals surface area contributed by atoms with Crippen LogP contribution in [0, 0.1) is 5.82 Å². The molecule has 0 radical (unpaired) electrons. The first-order chi connectivity index (χ1) is 17.7. The highest BCUT2D eigenvalue weighted by molar-refractivity contribution is 7.92. The highest BCUT2D eigenvalue weighted by atomic mass is 32.2. The molecule has 0 saturated carbocycles. The molecule has 0 aliphatic rings. The first-order valence-corrected chi connectivity index (χ1v) is 12.7. The van der Waals surface area contributed by atoms with E-state index in [0.717, 1.165) is 28.6 Å². The van der Waals surface area contributed by atoms with Gasteiger partial charge >= 0.3 is 0 Å². The smallest absolute Gasteiger partial charge is 0.264 e. The van der Waals surface area contributed by atoms with E-state index in [4.69, 9.17) is 18.9 Å². The summed E-state index contributed by atoms with van der Waals surface area (Å²) in [6.45, 7) is 1.83. The van der Waals surface area contributed by atoms with Crippen LogP contribution in [0.3, 0.4) is 0 Å². The largest absolute Gasteiger partial charge is 0.494 e. The third-order valence-corrected chi connectivity index (χ3v) is 7.13. The predicted molar refractivity (Wildman–Crippen MR) is 136 cm³/mol. The Kier molecular flexibility index (Phi) is 9.18. The maximum atomic E-state index is 13.4. The first-order valence-electron chi connectivity index (χ1n) is 11.3. The third kappa shape index (κ3) is 6.62. The Morgan fingerprint density at radius 1 is 0.919 bits per heavy atom. The molecule has 198 valence electrons. The third-order valence-electron chi connectivity index (χ3n) is 5.34. The van der Waals surface area contributed by atoms with Crippen molar-refractivity contribution in [2.24, 2.45) is 0 Å². The molecule has 37 heavy (non-hydrogen) atoms. The zero-order valence-electron chi connectivity index (χ0n) is 21.0. The molecule has 0 saturated heterocycles. The van der Waals surface area contributed by atoms with Gasteiger partial charge in [0.25, 0.3) is 10.0 Å². The van der Waals surface area contributed by atoms with Gasteiger partial charge in [-0.1, -0.05) is 0 Å². The topological polar surface area (TPSA) is 103 Å². The molecule has 0 aromatic heterocycles. The quantitative estimate of drug-likeness (QED) is 0.379. The molecule has 0 aliphatic heterocycles. The Morgan fingerprint density at radius 3 is 2.03 bits per heavy atom. The lowest BCUT2D eigenvalue weighted by molar-refractivity contribution is -0.119. The molecule has 3 aromatic carbocycles. The van der Waals surface area contributed by atoms with Crippen LogP contribution in [0.5, 0.6) is 23.0 Å². The number of amides is 1.